The highest BCUT2D eigenvalue weighted by atomic mass is 16.3. The van der Waals surface area contributed by atoms with E-state index in [4.69, 9.17) is 4.42 Å². The normalized spacial score (nSPS) is 12.5. The molecule has 1 atom stereocenters. The third-order valence-corrected chi connectivity index (χ3v) is 4.97. The van der Waals surface area contributed by atoms with Gasteiger partial charge in [-0.1, -0.05) is 37.3 Å². The summed E-state index contributed by atoms with van der Waals surface area (Å²) in [6.45, 7) is 3.07. The van der Waals surface area contributed by atoms with Crippen LogP contribution in [0.25, 0.3) is 16.6 Å². The van der Waals surface area contributed by atoms with E-state index in [9.17, 15) is 9.59 Å². The van der Waals surface area contributed by atoms with E-state index in [2.05, 4.69) is 29.5 Å². The highest BCUT2D eigenvalue weighted by molar-refractivity contribution is 5.81. The quantitative estimate of drug-likeness (QED) is 0.536. The summed E-state index contributed by atoms with van der Waals surface area (Å²) in [5.74, 6) is 0.238. The minimum atomic E-state index is -0.188. The summed E-state index contributed by atoms with van der Waals surface area (Å²) in [5, 5.41) is 7.18. The predicted octanol–water partition coefficient (Wildman–Crippen LogP) is 2.94. The zero-order chi connectivity index (χ0) is 19.5. The molecule has 0 fully saturated rings. The van der Waals surface area contributed by atoms with Gasteiger partial charge in [0.2, 0.25) is 5.91 Å². The maximum Gasteiger partial charge on any atom is 0.291 e. The van der Waals surface area contributed by atoms with Crippen LogP contribution in [-0.2, 0) is 11.3 Å². The second-order valence-corrected chi connectivity index (χ2v) is 6.95. The minimum Gasteiger partial charge on any atom is -0.463 e. The molecular formula is C21H22N4O3. The van der Waals surface area contributed by atoms with Crippen molar-refractivity contribution in [1.29, 1.82) is 0 Å². The van der Waals surface area contributed by atoms with Crippen LogP contribution in [0.5, 0.6) is 0 Å². The highest BCUT2D eigenvalue weighted by Crippen LogP contribution is 2.18. The van der Waals surface area contributed by atoms with Gasteiger partial charge in [0.25, 0.3) is 5.56 Å². The molecule has 1 N–H and O–H groups in total. The van der Waals surface area contributed by atoms with E-state index in [0.717, 1.165) is 5.52 Å². The number of fused-ring (bicyclic) bond motifs is 3. The lowest BCUT2D eigenvalue weighted by molar-refractivity contribution is -0.121. The van der Waals surface area contributed by atoms with Gasteiger partial charge in [-0.05, 0) is 17.9 Å². The van der Waals surface area contributed by atoms with Crippen molar-refractivity contribution in [2.45, 2.75) is 32.2 Å². The first-order chi connectivity index (χ1) is 13.6. The van der Waals surface area contributed by atoms with E-state index in [0.29, 0.717) is 37.0 Å². The molecule has 0 bridgehead atoms. The molecule has 3 aromatic heterocycles. The van der Waals surface area contributed by atoms with E-state index >= 15 is 0 Å². The van der Waals surface area contributed by atoms with Crippen molar-refractivity contribution < 1.29 is 9.21 Å². The van der Waals surface area contributed by atoms with Gasteiger partial charge in [-0.3, -0.25) is 14.0 Å². The second kappa shape index (κ2) is 7.72. The van der Waals surface area contributed by atoms with E-state index in [1.165, 1.54) is 10.2 Å². The van der Waals surface area contributed by atoms with E-state index in [1.54, 1.807) is 29.1 Å². The van der Waals surface area contributed by atoms with Crippen LogP contribution < -0.4 is 10.9 Å². The Balaban J connectivity index is 1.31. The van der Waals surface area contributed by atoms with Crippen LogP contribution in [-0.4, -0.2) is 26.6 Å². The number of amides is 1. The number of nitrogens with one attached hydrogen (secondary N) is 1. The van der Waals surface area contributed by atoms with Crippen LogP contribution in [0, 0.1) is 0 Å². The van der Waals surface area contributed by atoms with Gasteiger partial charge in [-0.2, -0.15) is 5.10 Å². The van der Waals surface area contributed by atoms with Crippen LogP contribution in [0.3, 0.4) is 0 Å². The van der Waals surface area contributed by atoms with Crippen LogP contribution in [0.2, 0.25) is 0 Å². The fraction of sp³-hybridized carbons (Fsp3) is 0.286. The molecule has 28 heavy (non-hydrogen) atoms. The van der Waals surface area contributed by atoms with Gasteiger partial charge in [0, 0.05) is 31.6 Å². The molecule has 4 aromatic rings. The van der Waals surface area contributed by atoms with Gasteiger partial charge in [0.15, 0.2) is 5.58 Å². The van der Waals surface area contributed by atoms with Crippen molar-refractivity contribution in [3.63, 3.8) is 0 Å². The average molecular weight is 378 g/mol. The Kier molecular flexibility index (Phi) is 4.97. The Hall–Kier alpha value is -3.35. The first kappa shape index (κ1) is 18.0. The highest BCUT2D eigenvalue weighted by Gasteiger charge is 2.11. The lowest BCUT2D eigenvalue weighted by Gasteiger charge is -2.13. The van der Waals surface area contributed by atoms with Gasteiger partial charge in [0.05, 0.1) is 11.8 Å². The monoisotopic (exact) mass is 378 g/mol. The standard InChI is InChI=1S/C21H22N4O3/c1-15(16-6-3-2-4-7-16)13-22-20(26)8-5-10-25-21(27)18-12-19-17(9-11-28-19)24(18)14-23-25/h2-4,6-7,9,11-12,14-15H,5,8,10,13H2,1H3,(H,22,26)/t15-/m0/s1. The molecule has 144 valence electrons. The number of carbonyl (C=O) groups is 1. The number of hydrogen-bond donors (Lipinski definition) is 1. The summed E-state index contributed by atoms with van der Waals surface area (Å²) in [5.41, 5.74) is 3.00. The van der Waals surface area contributed by atoms with Gasteiger partial charge < -0.3 is 9.73 Å². The van der Waals surface area contributed by atoms with Crippen molar-refractivity contribution in [3.05, 3.63) is 71.0 Å². The number of hydrogen-bond acceptors (Lipinski definition) is 4. The molecule has 0 aliphatic rings. The van der Waals surface area contributed by atoms with E-state index in [1.807, 2.05) is 18.2 Å². The number of rotatable bonds is 7. The second-order valence-electron chi connectivity index (χ2n) is 6.95. The molecule has 4 rings (SSSR count). The lowest BCUT2D eigenvalue weighted by atomic mass is 10.0. The molecule has 0 unspecified atom stereocenters. The topological polar surface area (TPSA) is 81.5 Å². The molecule has 0 spiro atoms. The Labute approximate surface area is 161 Å². The van der Waals surface area contributed by atoms with Crippen molar-refractivity contribution in [2.75, 3.05) is 6.54 Å². The number of nitrogens with zero attached hydrogens (tertiary/aromatic N) is 3. The number of carbonyl (C=O) groups excluding carboxylic acids is 1. The van der Waals surface area contributed by atoms with Gasteiger partial charge in [0.1, 0.15) is 11.8 Å². The Bertz CT molecular complexity index is 1160. The summed E-state index contributed by atoms with van der Waals surface area (Å²) < 4.78 is 8.45. The first-order valence-electron chi connectivity index (χ1n) is 9.39. The molecule has 3 heterocycles. The number of aromatic nitrogens is 3. The van der Waals surface area contributed by atoms with Crippen molar-refractivity contribution >= 4 is 22.5 Å². The molecule has 7 heteroatoms. The average Bonchev–Trinajstić information content (AvgIpc) is 3.30. The van der Waals surface area contributed by atoms with E-state index in [-0.39, 0.29) is 17.4 Å². The lowest BCUT2D eigenvalue weighted by Crippen LogP contribution is -2.28. The summed E-state index contributed by atoms with van der Waals surface area (Å²) >= 11 is 0. The zero-order valence-electron chi connectivity index (χ0n) is 15.7. The van der Waals surface area contributed by atoms with Crippen LogP contribution >= 0.6 is 0 Å². The smallest absolute Gasteiger partial charge is 0.291 e. The first-order valence-corrected chi connectivity index (χ1v) is 9.39. The maximum absolute atomic E-state index is 12.6. The third-order valence-electron chi connectivity index (χ3n) is 4.97. The van der Waals surface area contributed by atoms with Crippen LogP contribution in [0.15, 0.2) is 64.3 Å². The minimum absolute atomic E-state index is 0.0166. The molecule has 0 saturated heterocycles. The Morgan fingerprint density at radius 1 is 1.21 bits per heavy atom. The van der Waals surface area contributed by atoms with Gasteiger partial charge >= 0.3 is 0 Å². The molecule has 1 amide bonds. The molecule has 0 aliphatic heterocycles. The summed E-state index contributed by atoms with van der Waals surface area (Å²) in [6, 6.07) is 13.6. The summed E-state index contributed by atoms with van der Waals surface area (Å²) in [7, 11) is 0. The fourth-order valence-electron chi connectivity index (χ4n) is 3.34. The number of aryl methyl sites for hydroxylation is 1. The van der Waals surface area contributed by atoms with Crippen molar-refractivity contribution in [1.82, 2.24) is 19.5 Å². The van der Waals surface area contributed by atoms with Crippen LogP contribution in [0.4, 0.5) is 0 Å². The molecule has 1 aromatic carbocycles. The maximum atomic E-state index is 12.6. The summed E-state index contributed by atoms with van der Waals surface area (Å²) in [6.07, 6.45) is 4.09. The van der Waals surface area contributed by atoms with Gasteiger partial charge in [-0.25, -0.2) is 4.68 Å². The number of furan rings is 1. The molecule has 0 saturated carbocycles. The van der Waals surface area contributed by atoms with Crippen molar-refractivity contribution in [2.24, 2.45) is 0 Å². The third kappa shape index (κ3) is 3.55. The Morgan fingerprint density at radius 3 is 2.86 bits per heavy atom. The summed E-state index contributed by atoms with van der Waals surface area (Å²) in [4.78, 5) is 24.7. The SMILES string of the molecule is C[C@@H](CNC(=O)CCCn1ncn2c(cc3occc32)c1=O)c1ccccc1. The molecule has 7 nitrogen and oxygen atoms in total. The molecular weight excluding hydrogens is 356 g/mol. The Morgan fingerprint density at radius 2 is 2.04 bits per heavy atom. The molecule has 0 aliphatic carbocycles. The fourth-order valence-corrected chi connectivity index (χ4v) is 3.34. The van der Waals surface area contributed by atoms with Crippen LogP contribution in [0.1, 0.15) is 31.2 Å². The largest absolute Gasteiger partial charge is 0.463 e. The molecule has 0 radical (unpaired) electrons. The predicted molar refractivity (Wildman–Crippen MR) is 106 cm³/mol. The van der Waals surface area contributed by atoms with Gasteiger partial charge in [-0.15, -0.1) is 0 Å². The number of benzene rings is 1. The zero-order valence-corrected chi connectivity index (χ0v) is 15.7. The van der Waals surface area contributed by atoms with E-state index < -0.39 is 0 Å². The van der Waals surface area contributed by atoms with Crippen molar-refractivity contribution in [3.8, 4) is 0 Å².